The maximum Gasteiger partial charge on any atom is 0.254 e. The van der Waals surface area contributed by atoms with E-state index in [1.54, 1.807) is 23.5 Å². The molecule has 3 N–H and O–H groups in total. The molecule has 24 heavy (non-hydrogen) atoms. The third-order valence-corrected chi connectivity index (χ3v) is 4.31. The molecular weight excluding hydrogens is 328 g/mol. The van der Waals surface area contributed by atoms with Crippen LogP contribution in [0.2, 0.25) is 0 Å². The fourth-order valence-electron chi connectivity index (χ4n) is 2.08. The van der Waals surface area contributed by atoms with Gasteiger partial charge in [0.2, 0.25) is 5.91 Å². The van der Waals surface area contributed by atoms with Crippen molar-refractivity contribution < 1.29 is 14.0 Å². The van der Waals surface area contributed by atoms with Gasteiger partial charge in [-0.1, -0.05) is 0 Å². The van der Waals surface area contributed by atoms with E-state index in [1.165, 1.54) is 17.4 Å². The number of carbonyl (C=O) groups is 2. The number of anilines is 1. The average molecular weight is 344 g/mol. The third kappa shape index (κ3) is 3.90. The van der Waals surface area contributed by atoms with Crippen LogP contribution in [-0.2, 0) is 4.79 Å². The van der Waals surface area contributed by atoms with Gasteiger partial charge < -0.3 is 15.1 Å². The first kappa shape index (κ1) is 16.0. The summed E-state index contributed by atoms with van der Waals surface area (Å²) in [7, 11) is 0. The van der Waals surface area contributed by atoms with E-state index >= 15 is 0 Å². The van der Waals surface area contributed by atoms with E-state index in [0.717, 1.165) is 10.6 Å². The largest absolute Gasteiger partial charge is 0.472 e. The lowest BCUT2D eigenvalue weighted by Gasteiger charge is -2.03. The summed E-state index contributed by atoms with van der Waals surface area (Å²) in [5, 5.41) is 12.3. The number of hydrogen-bond acceptors (Lipinski definition) is 5. The van der Waals surface area contributed by atoms with Gasteiger partial charge in [-0.25, -0.2) is 0 Å². The van der Waals surface area contributed by atoms with Gasteiger partial charge in [0.25, 0.3) is 5.91 Å². The molecule has 0 saturated carbocycles. The Kier molecular flexibility index (Phi) is 4.76. The molecule has 8 heteroatoms. The highest BCUT2D eigenvalue weighted by Crippen LogP contribution is 2.27. The van der Waals surface area contributed by atoms with Crippen molar-refractivity contribution in [3.63, 3.8) is 0 Å². The van der Waals surface area contributed by atoms with Gasteiger partial charge in [0.1, 0.15) is 6.26 Å². The van der Waals surface area contributed by atoms with E-state index in [2.05, 4.69) is 20.8 Å². The minimum absolute atomic E-state index is 0.157. The number of carbonyl (C=O) groups excluding carboxylic acids is 2. The number of thiophene rings is 1. The first-order valence-electron chi connectivity index (χ1n) is 7.34. The maximum atomic E-state index is 11.9. The number of aryl methyl sites for hydroxylation is 1. The van der Waals surface area contributed by atoms with Crippen molar-refractivity contribution in [3.8, 4) is 10.6 Å². The third-order valence-electron chi connectivity index (χ3n) is 3.27. The van der Waals surface area contributed by atoms with Gasteiger partial charge >= 0.3 is 0 Å². The van der Waals surface area contributed by atoms with E-state index in [4.69, 9.17) is 4.42 Å². The van der Waals surface area contributed by atoms with Crippen LogP contribution < -0.4 is 10.6 Å². The van der Waals surface area contributed by atoms with Gasteiger partial charge in [0.15, 0.2) is 5.82 Å². The van der Waals surface area contributed by atoms with Crippen LogP contribution in [0.4, 0.5) is 5.82 Å². The molecule has 0 spiro atoms. The number of nitrogens with one attached hydrogen (secondary N) is 3. The summed E-state index contributed by atoms with van der Waals surface area (Å²) in [6, 6.07) is 7.38. The highest BCUT2D eigenvalue weighted by atomic mass is 32.1. The minimum Gasteiger partial charge on any atom is -0.472 e. The Morgan fingerprint density at radius 2 is 2.21 bits per heavy atom. The summed E-state index contributed by atoms with van der Waals surface area (Å²) in [4.78, 5) is 25.9. The Labute approximate surface area is 142 Å². The number of H-pyrrole nitrogens is 1. The fraction of sp³-hybridized carbons (Fsp3) is 0.188. The lowest BCUT2D eigenvalue weighted by Crippen LogP contribution is -2.27. The average Bonchev–Trinajstić information content (AvgIpc) is 3.27. The molecule has 0 fully saturated rings. The molecule has 0 aromatic carbocycles. The molecule has 3 aromatic heterocycles. The molecule has 7 nitrogen and oxygen atoms in total. The Bertz CT molecular complexity index is 835. The fourth-order valence-corrected chi connectivity index (χ4v) is 2.92. The molecule has 0 unspecified atom stereocenters. The predicted molar refractivity (Wildman–Crippen MR) is 90.9 cm³/mol. The van der Waals surface area contributed by atoms with Crippen molar-refractivity contribution in [3.05, 3.63) is 47.2 Å². The van der Waals surface area contributed by atoms with E-state index in [-0.39, 0.29) is 24.8 Å². The summed E-state index contributed by atoms with van der Waals surface area (Å²) >= 11 is 1.65. The lowest BCUT2D eigenvalue weighted by molar-refractivity contribution is -0.116. The molecule has 0 radical (unpaired) electrons. The van der Waals surface area contributed by atoms with Crippen LogP contribution in [0.5, 0.6) is 0 Å². The quantitative estimate of drug-likeness (QED) is 0.640. The van der Waals surface area contributed by atoms with E-state index in [0.29, 0.717) is 11.4 Å². The van der Waals surface area contributed by atoms with Crippen molar-refractivity contribution >= 4 is 29.0 Å². The van der Waals surface area contributed by atoms with Crippen LogP contribution in [0.3, 0.4) is 0 Å². The van der Waals surface area contributed by atoms with Crippen LogP contribution in [0.15, 0.2) is 41.2 Å². The second-order valence-corrected chi connectivity index (χ2v) is 6.43. The molecule has 3 aromatic rings. The summed E-state index contributed by atoms with van der Waals surface area (Å²) in [6.07, 6.45) is 2.93. The molecule has 0 saturated heterocycles. The van der Waals surface area contributed by atoms with Crippen molar-refractivity contribution in [2.45, 2.75) is 13.3 Å². The first-order valence-corrected chi connectivity index (χ1v) is 8.16. The Morgan fingerprint density at radius 3 is 2.92 bits per heavy atom. The van der Waals surface area contributed by atoms with Crippen molar-refractivity contribution in [2.75, 3.05) is 11.9 Å². The first-order chi connectivity index (χ1) is 11.6. The zero-order valence-electron chi connectivity index (χ0n) is 13.0. The second-order valence-electron chi connectivity index (χ2n) is 5.14. The van der Waals surface area contributed by atoms with Gasteiger partial charge in [-0.3, -0.25) is 14.7 Å². The normalized spacial score (nSPS) is 10.5. The van der Waals surface area contributed by atoms with Gasteiger partial charge in [-0.2, -0.15) is 5.10 Å². The van der Waals surface area contributed by atoms with E-state index in [1.807, 2.05) is 19.1 Å². The number of hydrogen-bond donors (Lipinski definition) is 3. The molecule has 3 heterocycles. The highest BCUT2D eigenvalue weighted by molar-refractivity contribution is 7.15. The summed E-state index contributed by atoms with van der Waals surface area (Å²) in [5.74, 6) is -0.0308. The summed E-state index contributed by atoms with van der Waals surface area (Å²) in [6.45, 7) is 2.27. The monoisotopic (exact) mass is 344 g/mol. The molecule has 3 rings (SSSR count). The predicted octanol–water partition coefficient (Wildman–Crippen LogP) is 2.80. The second kappa shape index (κ2) is 7.14. The lowest BCUT2D eigenvalue weighted by atomic mass is 10.3. The number of rotatable bonds is 6. The SMILES string of the molecule is Cc1ccc(-c2cc(NC(=O)CCNC(=O)c3ccoc3)n[nH]2)s1. The zero-order valence-corrected chi connectivity index (χ0v) is 13.8. The number of furan rings is 1. The van der Waals surface area contributed by atoms with Gasteiger partial charge in [0, 0.05) is 23.9 Å². The van der Waals surface area contributed by atoms with Crippen molar-refractivity contribution in [1.82, 2.24) is 15.5 Å². The van der Waals surface area contributed by atoms with Crippen LogP contribution in [0, 0.1) is 6.92 Å². The molecule has 2 amide bonds. The molecule has 124 valence electrons. The Morgan fingerprint density at radius 1 is 1.33 bits per heavy atom. The van der Waals surface area contributed by atoms with E-state index in [9.17, 15) is 9.59 Å². The maximum absolute atomic E-state index is 11.9. The molecule has 0 atom stereocenters. The van der Waals surface area contributed by atoms with Crippen molar-refractivity contribution in [1.29, 1.82) is 0 Å². The van der Waals surface area contributed by atoms with Crippen LogP contribution in [0.25, 0.3) is 10.6 Å². The Hall–Kier alpha value is -2.87. The van der Waals surface area contributed by atoms with Gasteiger partial charge in [-0.15, -0.1) is 11.3 Å². The Balaban J connectivity index is 1.47. The number of aromatic nitrogens is 2. The van der Waals surface area contributed by atoms with Gasteiger partial charge in [0.05, 0.1) is 22.4 Å². The molecule has 0 bridgehead atoms. The molecule has 0 aliphatic heterocycles. The molecule has 0 aliphatic carbocycles. The highest BCUT2D eigenvalue weighted by Gasteiger charge is 2.10. The number of nitrogens with zero attached hydrogens (tertiary/aromatic N) is 1. The molecular formula is C16H16N4O3S. The van der Waals surface area contributed by atoms with E-state index < -0.39 is 0 Å². The van der Waals surface area contributed by atoms with Crippen molar-refractivity contribution in [2.24, 2.45) is 0 Å². The molecule has 0 aliphatic rings. The number of amides is 2. The van der Waals surface area contributed by atoms with Crippen LogP contribution in [-0.4, -0.2) is 28.6 Å². The zero-order chi connectivity index (χ0) is 16.9. The number of aromatic amines is 1. The standard InChI is InChI=1S/C16H16N4O3S/c1-10-2-3-13(24-10)12-8-14(20-19-12)18-15(21)4-6-17-16(22)11-5-7-23-9-11/h2-3,5,7-9H,4,6H2,1H3,(H,17,22)(H2,18,19,20,21). The summed E-state index contributed by atoms with van der Waals surface area (Å²) < 4.78 is 4.83. The van der Waals surface area contributed by atoms with Crippen LogP contribution >= 0.6 is 11.3 Å². The topological polar surface area (TPSA) is 100 Å². The van der Waals surface area contributed by atoms with Crippen LogP contribution in [0.1, 0.15) is 21.7 Å². The van der Waals surface area contributed by atoms with Gasteiger partial charge in [-0.05, 0) is 25.1 Å². The smallest absolute Gasteiger partial charge is 0.254 e. The minimum atomic E-state index is -0.272. The summed E-state index contributed by atoms with van der Waals surface area (Å²) in [5.41, 5.74) is 1.29.